The molecule has 1 aliphatic rings. The van der Waals surface area contributed by atoms with Crippen LogP contribution in [-0.4, -0.2) is 14.2 Å². The van der Waals surface area contributed by atoms with Gasteiger partial charge >= 0.3 is 0 Å². The van der Waals surface area contributed by atoms with Crippen molar-refractivity contribution in [2.24, 2.45) is 0 Å². The summed E-state index contributed by atoms with van der Waals surface area (Å²) in [6.07, 6.45) is 3.18. The van der Waals surface area contributed by atoms with Gasteiger partial charge in [-0.3, -0.25) is 0 Å². The second-order valence-corrected chi connectivity index (χ2v) is 4.29. The molecule has 0 bridgehead atoms. The highest BCUT2D eigenvalue weighted by Gasteiger charge is 2.19. The second-order valence-electron chi connectivity index (χ2n) is 2.13. The van der Waals surface area contributed by atoms with Crippen molar-refractivity contribution in [2.45, 2.75) is 19.8 Å². The molecule has 0 radical (unpaired) electrons. The first kappa shape index (κ1) is 6.81. The van der Waals surface area contributed by atoms with E-state index in [-0.39, 0.29) is 0 Å². The lowest BCUT2D eigenvalue weighted by molar-refractivity contribution is 0.603. The molecule has 0 fully saturated rings. The van der Waals surface area contributed by atoms with Crippen molar-refractivity contribution in [3.05, 3.63) is 11.0 Å². The average molecular weight is 146 g/mol. The molecule has 0 atom stereocenters. The molecule has 1 heterocycles. The van der Waals surface area contributed by atoms with Gasteiger partial charge in [-0.1, -0.05) is 13.0 Å². The SMILES string of the molecule is CCC1=CCCS1(=O)=O. The van der Waals surface area contributed by atoms with E-state index in [1.54, 1.807) is 0 Å². The van der Waals surface area contributed by atoms with Crippen molar-refractivity contribution in [3.8, 4) is 0 Å². The van der Waals surface area contributed by atoms with Crippen LogP contribution in [0, 0.1) is 0 Å². The Kier molecular flexibility index (Phi) is 1.62. The summed E-state index contributed by atoms with van der Waals surface area (Å²) in [5, 5.41) is 0. The zero-order chi connectivity index (χ0) is 6.91. The highest BCUT2D eigenvalue weighted by Crippen LogP contribution is 2.19. The standard InChI is InChI=1S/C6H10O2S/c1-2-6-4-3-5-9(6,7)8/h4H,2-3,5H2,1H3. The Morgan fingerprint density at radius 1 is 1.67 bits per heavy atom. The molecule has 9 heavy (non-hydrogen) atoms. The minimum atomic E-state index is -2.78. The van der Waals surface area contributed by atoms with Crippen LogP contribution < -0.4 is 0 Å². The van der Waals surface area contributed by atoms with E-state index in [0.717, 1.165) is 0 Å². The normalized spacial score (nSPS) is 23.9. The van der Waals surface area contributed by atoms with Crippen molar-refractivity contribution < 1.29 is 8.42 Å². The number of hydrogen-bond acceptors (Lipinski definition) is 2. The molecule has 2 nitrogen and oxygen atoms in total. The number of hydrogen-bond donors (Lipinski definition) is 0. The summed E-state index contributed by atoms with van der Waals surface area (Å²) in [6, 6.07) is 0. The molecule has 0 spiro atoms. The van der Waals surface area contributed by atoms with Crippen LogP contribution >= 0.6 is 0 Å². The first-order chi connectivity index (χ1) is 4.17. The van der Waals surface area contributed by atoms with Gasteiger partial charge in [-0.15, -0.1) is 0 Å². The third kappa shape index (κ3) is 1.15. The van der Waals surface area contributed by atoms with Gasteiger partial charge in [0.05, 0.1) is 5.75 Å². The molecule has 52 valence electrons. The summed E-state index contributed by atoms with van der Waals surface area (Å²) in [5.41, 5.74) is 0. The molecule has 1 aliphatic heterocycles. The zero-order valence-electron chi connectivity index (χ0n) is 5.42. The Labute approximate surface area is 55.5 Å². The third-order valence-electron chi connectivity index (χ3n) is 1.51. The van der Waals surface area contributed by atoms with Crippen LogP contribution in [0.4, 0.5) is 0 Å². The van der Waals surface area contributed by atoms with Gasteiger partial charge in [0.15, 0.2) is 9.84 Å². The summed E-state index contributed by atoms with van der Waals surface area (Å²) in [4.78, 5) is 0.627. The highest BCUT2D eigenvalue weighted by molar-refractivity contribution is 7.95. The number of allylic oxidation sites excluding steroid dienone is 2. The van der Waals surface area contributed by atoms with Gasteiger partial charge in [0, 0.05) is 4.91 Å². The van der Waals surface area contributed by atoms with Gasteiger partial charge in [0.2, 0.25) is 0 Å². The van der Waals surface area contributed by atoms with E-state index in [2.05, 4.69) is 0 Å². The highest BCUT2D eigenvalue weighted by atomic mass is 32.2. The molecule has 0 unspecified atom stereocenters. The topological polar surface area (TPSA) is 34.1 Å². The van der Waals surface area contributed by atoms with E-state index < -0.39 is 9.84 Å². The molecular formula is C6H10O2S. The lowest BCUT2D eigenvalue weighted by atomic mass is 10.4. The number of sulfone groups is 1. The van der Waals surface area contributed by atoms with Crippen LogP contribution in [0.15, 0.2) is 11.0 Å². The first-order valence-corrected chi connectivity index (χ1v) is 4.74. The Bertz CT molecular complexity index is 223. The zero-order valence-corrected chi connectivity index (χ0v) is 6.24. The molecule has 0 saturated carbocycles. The summed E-state index contributed by atoms with van der Waals surface area (Å²) < 4.78 is 21.8. The average Bonchev–Trinajstić information content (AvgIpc) is 2.08. The van der Waals surface area contributed by atoms with E-state index in [1.165, 1.54) is 0 Å². The molecule has 0 aromatic heterocycles. The largest absolute Gasteiger partial charge is 0.224 e. The molecule has 0 aromatic carbocycles. The summed E-state index contributed by atoms with van der Waals surface area (Å²) in [7, 11) is -2.78. The molecule has 0 saturated heterocycles. The lowest BCUT2D eigenvalue weighted by Gasteiger charge is -1.94. The van der Waals surface area contributed by atoms with E-state index in [9.17, 15) is 8.42 Å². The summed E-state index contributed by atoms with van der Waals surface area (Å²) in [6.45, 7) is 1.87. The quantitative estimate of drug-likeness (QED) is 0.555. The van der Waals surface area contributed by atoms with Gasteiger partial charge in [0.1, 0.15) is 0 Å². The van der Waals surface area contributed by atoms with Crippen molar-refractivity contribution in [1.82, 2.24) is 0 Å². The Morgan fingerprint density at radius 2 is 2.33 bits per heavy atom. The van der Waals surface area contributed by atoms with E-state index in [0.29, 0.717) is 23.5 Å². The first-order valence-electron chi connectivity index (χ1n) is 3.08. The van der Waals surface area contributed by atoms with Gasteiger partial charge in [0.25, 0.3) is 0 Å². The molecule has 1 rings (SSSR count). The Hall–Kier alpha value is -0.310. The van der Waals surface area contributed by atoms with Gasteiger partial charge in [-0.2, -0.15) is 0 Å². The molecule has 0 aromatic rings. The van der Waals surface area contributed by atoms with Gasteiger partial charge in [-0.25, -0.2) is 8.42 Å². The smallest absolute Gasteiger partial charge is 0.174 e. The van der Waals surface area contributed by atoms with Crippen molar-refractivity contribution in [2.75, 3.05) is 5.75 Å². The van der Waals surface area contributed by atoms with Crippen molar-refractivity contribution in [1.29, 1.82) is 0 Å². The van der Waals surface area contributed by atoms with Crippen LogP contribution in [0.2, 0.25) is 0 Å². The molecular weight excluding hydrogens is 136 g/mol. The second kappa shape index (κ2) is 2.14. The van der Waals surface area contributed by atoms with E-state index in [4.69, 9.17) is 0 Å². The Morgan fingerprint density at radius 3 is 2.56 bits per heavy atom. The van der Waals surface area contributed by atoms with Crippen LogP contribution in [-0.2, 0) is 9.84 Å². The van der Waals surface area contributed by atoms with Gasteiger partial charge in [-0.05, 0) is 12.8 Å². The van der Waals surface area contributed by atoms with E-state index >= 15 is 0 Å². The fourth-order valence-corrected chi connectivity index (χ4v) is 2.50. The third-order valence-corrected chi connectivity index (χ3v) is 3.53. The monoisotopic (exact) mass is 146 g/mol. The van der Waals surface area contributed by atoms with Crippen molar-refractivity contribution >= 4 is 9.84 Å². The fourth-order valence-electron chi connectivity index (χ4n) is 0.997. The van der Waals surface area contributed by atoms with Gasteiger partial charge < -0.3 is 0 Å². The maximum absolute atomic E-state index is 10.9. The lowest BCUT2D eigenvalue weighted by Crippen LogP contribution is -2.00. The fraction of sp³-hybridized carbons (Fsp3) is 0.667. The molecule has 0 amide bonds. The van der Waals surface area contributed by atoms with Crippen LogP contribution in [0.5, 0.6) is 0 Å². The van der Waals surface area contributed by atoms with Crippen LogP contribution in [0.3, 0.4) is 0 Å². The van der Waals surface area contributed by atoms with Crippen molar-refractivity contribution in [3.63, 3.8) is 0 Å². The van der Waals surface area contributed by atoms with Crippen LogP contribution in [0.25, 0.3) is 0 Å². The van der Waals surface area contributed by atoms with Crippen LogP contribution in [0.1, 0.15) is 19.8 Å². The Balaban J connectivity index is 2.95. The molecule has 0 aliphatic carbocycles. The van der Waals surface area contributed by atoms with E-state index in [1.807, 2.05) is 13.0 Å². The molecule has 3 heteroatoms. The molecule has 0 N–H and O–H groups in total. The maximum Gasteiger partial charge on any atom is 0.174 e. The maximum atomic E-state index is 10.9. The predicted molar refractivity (Wildman–Crippen MR) is 36.8 cm³/mol. The number of rotatable bonds is 1. The summed E-state index contributed by atoms with van der Waals surface area (Å²) in [5.74, 6) is 0.330. The minimum absolute atomic E-state index is 0.330. The predicted octanol–water partition coefficient (Wildman–Crippen LogP) is 1.10. The minimum Gasteiger partial charge on any atom is -0.224 e. The summed E-state index contributed by atoms with van der Waals surface area (Å²) >= 11 is 0.